The van der Waals surface area contributed by atoms with Crippen molar-refractivity contribution in [2.24, 2.45) is 34.5 Å². The molecule has 0 heterocycles. The third kappa shape index (κ3) is 3.85. The minimum Gasteiger partial charge on any atom is -0.726 e. The zero-order chi connectivity index (χ0) is 18.7. The summed E-state index contributed by atoms with van der Waals surface area (Å²) >= 11 is 0. The number of hydrogen-bond acceptors (Lipinski definition) is 5. The van der Waals surface area contributed by atoms with Crippen LogP contribution in [0.4, 0.5) is 0 Å². The Hall–Kier alpha value is 0.570. The van der Waals surface area contributed by atoms with Gasteiger partial charge in [0.25, 0.3) is 0 Å². The summed E-state index contributed by atoms with van der Waals surface area (Å²) in [5.74, 6) is 2.02. The van der Waals surface area contributed by atoms with Crippen LogP contribution in [-0.4, -0.2) is 30.8 Å². The van der Waals surface area contributed by atoms with Gasteiger partial charge in [0, 0.05) is 0 Å². The molecule has 0 amide bonds. The van der Waals surface area contributed by atoms with E-state index in [1.807, 2.05) is 0 Å². The number of aliphatic hydroxyl groups is 1. The van der Waals surface area contributed by atoms with E-state index in [0.29, 0.717) is 17.8 Å². The van der Waals surface area contributed by atoms with Crippen LogP contribution in [-0.2, 0) is 14.6 Å². The van der Waals surface area contributed by atoms with Gasteiger partial charge in [-0.25, -0.2) is 8.42 Å². The summed E-state index contributed by atoms with van der Waals surface area (Å²) in [5, 5.41) is 10.1. The summed E-state index contributed by atoms with van der Waals surface area (Å²) in [6.45, 7) is 4.74. The van der Waals surface area contributed by atoms with E-state index < -0.39 is 10.4 Å². The average Bonchev–Trinajstić information content (AvgIpc) is 2.89. The van der Waals surface area contributed by atoms with Crippen molar-refractivity contribution in [1.82, 2.24) is 0 Å². The molecule has 0 radical (unpaired) electrons. The van der Waals surface area contributed by atoms with Gasteiger partial charge in [-0.3, -0.25) is 4.18 Å². The quantitative estimate of drug-likeness (QED) is 0.317. The molecule has 0 aromatic rings. The summed E-state index contributed by atoms with van der Waals surface area (Å²) in [6, 6.07) is 0. The molecule has 3 fully saturated rings. The molecule has 0 aromatic carbocycles. The monoisotopic (exact) mass is 406 g/mol. The largest absolute Gasteiger partial charge is 1.00 e. The third-order valence-corrected chi connectivity index (χ3v) is 9.11. The smallest absolute Gasteiger partial charge is 0.726 e. The van der Waals surface area contributed by atoms with Gasteiger partial charge in [0.15, 0.2) is 0 Å². The zero-order valence-electron chi connectivity index (χ0n) is 16.8. The summed E-state index contributed by atoms with van der Waals surface area (Å²) in [4.78, 5) is 0. The Morgan fingerprint density at radius 1 is 1.19 bits per heavy atom. The van der Waals surface area contributed by atoms with Gasteiger partial charge in [-0.1, -0.05) is 25.5 Å². The molecule has 0 unspecified atom stereocenters. The summed E-state index contributed by atoms with van der Waals surface area (Å²) in [5.41, 5.74) is 1.76. The first-order valence-corrected chi connectivity index (χ1v) is 11.4. The topological polar surface area (TPSA) is 86.7 Å². The van der Waals surface area contributed by atoms with Crippen LogP contribution in [0.1, 0.15) is 65.2 Å². The molecule has 148 valence electrons. The Morgan fingerprint density at radius 3 is 2.63 bits per heavy atom. The molecule has 7 heteroatoms. The van der Waals surface area contributed by atoms with Crippen molar-refractivity contribution >= 4 is 10.4 Å². The maximum Gasteiger partial charge on any atom is 1.00 e. The molecular weight excluding hydrogens is 375 g/mol. The molecule has 4 rings (SSSR count). The Bertz CT molecular complexity index is 707. The van der Waals surface area contributed by atoms with Crippen molar-refractivity contribution in [2.45, 2.75) is 71.3 Å². The van der Waals surface area contributed by atoms with Gasteiger partial charge < -0.3 is 9.66 Å². The van der Waals surface area contributed by atoms with Gasteiger partial charge in [-0.05, 0) is 85.9 Å². The zero-order valence-corrected chi connectivity index (χ0v) is 19.6. The van der Waals surface area contributed by atoms with Crippen LogP contribution in [0.3, 0.4) is 0 Å². The van der Waals surface area contributed by atoms with Gasteiger partial charge >= 0.3 is 29.6 Å². The van der Waals surface area contributed by atoms with E-state index in [1.165, 1.54) is 5.57 Å². The van der Waals surface area contributed by atoms with Crippen LogP contribution >= 0.6 is 0 Å². The van der Waals surface area contributed by atoms with Gasteiger partial charge in [-0.2, -0.15) is 0 Å². The molecule has 0 spiro atoms. The normalized spacial score (nSPS) is 46.5. The number of fused-ring (bicyclic) bond motifs is 5. The Kier molecular flexibility index (Phi) is 6.33. The van der Waals surface area contributed by atoms with Crippen LogP contribution < -0.4 is 29.6 Å². The third-order valence-electron chi connectivity index (χ3n) is 8.69. The van der Waals surface area contributed by atoms with Crippen LogP contribution in [0.15, 0.2) is 11.6 Å². The van der Waals surface area contributed by atoms with E-state index in [4.69, 9.17) is 0 Å². The molecule has 0 bridgehead atoms. The van der Waals surface area contributed by atoms with Crippen molar-refractivity contribution in [3.63, 3.8) is 0 Å². The molecule has 0 saturated heterocycles. The minimum atomic E-state index is -4.61. The molecular formula is C20H31NaO5S. The number of hydrogen-bond donors (Lipinski definition) is 1. The summed E-state index contributed by atoms with van der Waals surface area (Å²) in [7, 11) is -4.61. The molecule has 3 saturated carbocycles. The molecule has 4 aliphatic rings. The maximum absolute atomic E-state index is 10.9. The summed E-state index contributed by atoms with van der Waals surface area (Å²) < 4.78 is 37.4. The van der Waals surface area contributed by atoms with Crippen molar-refractivity contribution < 1.29 is 51.8 Å². The van der Waals surface area contributed by atoms with Gasteiger partial charge in [0.05, 0.1) is 12.7 Å². The standard InChI is InChI=1S/C20H32O5S.Na/c1-19-9-7-15(21)11-13(19)3-5-16-17-6-4-14(12-25-26(22,23)24)20(17,2)10-8-18(16)19;/h3,14-18,21H,4-12H2,1-2H3,(H,22,23,24);/q;+1/p-1/t14-,15+,16+,17+,18+,19+,20-;/m1./s1. The van der Waals surface area contributed by atoms with Crippen LogP contribution in [0, 0.1) is 34.5 Å². The van der Waals surface area contributed by atoms with Crippen molar-refractivity contribution in [1.29, 1.82) is 0 Å². The van der Waals surface area contributed by atoms with Gasteiger partial charge in [-0.15, -0.1) is 0 Å². The number of allylic oxidation sites excluding steroid dienone is 1. The molecule has 1 N–H and O–H groups in total. The second-order valence-electron chi connectivity index (χ2n) is 9.67. The van der Waals surface area contributed by atoms with E-state index in [-0.39, 0.29) is 59.0 Å². The first-order valence-electron chi connectivity index (χ1n) is 10.1. The predicted molar refractivity (Wildman–Crippen MR) is 96.8 cm³/mol. The fraction of sp³-hybridized carbons (Fsp3) is 0.900. The van der Waals surface area contributed by atoms with Crippen molar-refractivity contribution in [3.8, 4) is 0 Å². The van der Waals surface area contributed by atoms with Crippen LogP contribution in [0.25, 0.3) is 0 Å². The predicted octanol–water partition coefficient (Wildman–Crippen LogP) is 0.407. The Balaban J connectivity index is 0.00000210. The molecule has 27 heavy (non-hydrogen) atoms. The van der Waals surface area contributed by atoms with E-state index in [2.05, 4.69) is 24.1 Å². The fourth-order valence-corrected chi connectivity index (χ4v) is 7.52. The fourth-order valence-electron chi connectivity index (χ4n) is 7.19. The molecule has 0 aromatic heterocycles. The van der Waals surface area contributed by atoms with E-state index in [9.17, 15) is 18.1 Å². The SMILES string of the molecule is C[C@]12CC[C@H]3[C@@H](CC=C4C[C@@H](O)CC[C@@]43C)[C@@H]1CC[C@@H]2COS(=O)(=O)[O-].[Na+]. The molecule has 4 aliphatic carbocycles. The van der Waals surface area contributed by atoms with E-state index >= 15 is 0 Å². The second kappa shape index (κ2) is 7.68. The van der Waals surface area contributed by atoms with Crippen LogP contribution in [0.5, 0.6) is 0 Å². The molecule has 0 aliphatic heterocycles. The maximum atomic E-state index is 10.9. The van der Waals surface area contributed by atoms with Crippen molar-refractivity contribution in [2.75, 3.05) is 6.61 Å². The molecule has 7 atom stereocenters. The first-order chi connectivity index (χ1) is 12.1. The Morgan fingerprint density at radius 2 is 1.93 bits per heavy atom. The molecule has 5 nitrogen and oxygen atoms in total. The van der Waals surface area contributed by atoms with Crippen LogP contribution in [0.2, 0.25) is 0 Å². The van der Waals surface area contributed by atoms with Gasteiger partial charge in [0.2, 0.25) is 10.4 Å². The second-order valence-corrected chi connectivity index (χ2v) is 10.7. The summed E-state index contributed by atoms with van der Waals surface area (Å²) in [6.07, 6.45) is 10.4. The van der Waals surface area contributed by atoms with Crippen molar-refractivity contribution in [3.05, 3.63) is 11.6 Å². The van der Waals surface area contributed by atoms with E-state index in [0.717, 1.165) is 51.4 Å². The average molecular weight is 407 g/mol. The van der Waals surface area contributed by atoms with E-state index in [1.54, 1.807) is 0 Å². The number of rotatable bonds is 3. The minimum absolute atomic E-state index is 0. The Labute approximate surface area is 185 Å². The first kappa shape index (κ1) is 22.3. The number of aliphatic hydroxyl groups excluding tert-OH is 1. The van der Waals surface area contributed by atoms with Gasteiger partial charge in [0.1, 0.15) is 0 Å².